The first-order chi connectivity index (χ1) is 7.31. The molecule has 0 radical (unpaired) electrons. The summed E-state index contributed by atoms with van der Waals surface area (Å²) in [5, 5.41) is 8.16. The Morgan fingerprint density at radius 3 is 3.20 bits per heavy atom. The van der Waals surface area contributed by atoms with Crippen LogP contribution in [0.15, 0.2) is 22.7 Å². The van der Waals surface area contributed by atoms with E-state index in [0.717, 1.165) is 21.1 Å². The van der Waals surface area contributed by atoms with Gasteiger partial charge in [-0.1, -0.05) is 15.9 Å². The molecule has 0 spiro atoms. The second kappa shape index (κ2) is 4.44. The van der Waals surface area contributed by atoms with Crippen LogP contribution in [0.25, 0.3) is 10.9 Å². The average Bonchev–Trinajstić information content (AvgIpc) is 2.61. The molecule has 0 unspecified atom stereocenters. The first kappa shape index (κ1) is 10.2. The van der Waals surface area contributed by atoms with Gasteiger partial charge in [-0.25, -0.2) is 0 Å². The Balaban J connectivity index is 2.24. The maximum atomic E-state index is 9.98. The smallest absolute Gasteiger partial charge is 0.293 e. The number of hydrogen-bond acceptors (Lipinski definition) is 3. The van der Waals surface area contributed by atoms with Crippen LogP contribution in [-0.2, 0) is 16.0 Å². The average molecular weight is 269 g/mol. The van der Waals surface area contributed by atoms with Crippen LogP contribution in [-0.4, -0.2) is 23.3 Å². The van der Waals surface area contributed by atoms with E-state index in [2.05, 4.69) is 30.9 Å². The van der Waals surface area contributed by atoms with Crippen molar-refractivity contribution in [3.05, 3.63) is 28.4 Å². The Hall–Kier alpha value is -1.36. The number of H-pyrrole nitrogens is 1. The first-order valence-electron chi connectivity index (χ1n) is 4.49. The van der Waals surface area contributed by atoms with Crippen molar-refractivity contribution in [2.24, 2.45) is 0 Å². The molecule has 0 saturated carbocycles. The number of carbonyl (C=O) groups excluding carboxylic acids is 1. The van der Waals surface area contributed by atoms with Gasteiger partial charge in [0, 0.05) is 16.3 Å². The molecule has 5 heteroatoms. The summed E-state index contributed by atoms with van der Waals surface area (Å²) < 4.78 is 5.64. The van der Waals surface area contributed by atoms with Crippen LogP contribution in [0.2, 0.25) is 0 Å². The SMILES string of the molecule is O=COCCc1n[nH]c2cc(Br)ccc12. The van der Waals surface area contributed by atoms with Gasteiger partial charge < -0.3 is 4.74 Å². The molecule has 1 aromatic heterocycles. The molecular weight excluding hydrogens is 260 g/mol. The summed E-state index contributed by atoms with van der Waals surface area (Å²) in [4.78, 5) is 9.98. The number of nitrogens with zero attached hydrogens (tertiary/aromatic N) is 1. The van der Waals surface area contributed by atoms with Gasteiger partial charge in [0.15, 0.2) is 0 Å². The van der Waals surface area contributed by atoms with E-state index in [-0.39, 0.29) is 0 Å². The lowest BCUT2D eigenvalue weighted by Gasteiger charge is -1.96. The molecule has 0 aliphatic carbocycles. The Morgan fingerprint density at radius 1 is 1.53 bits per heavy atom. The number of hydrogen-bond donors (Lipinski definition) is 1. The minimum Gasteiger partial charge on any atom is -0.467 e. The summed E-state index contributed by atoms with van der Waals surface area (Å²) in [7, 11) is 0. The summed E-state index contributed by atoms with van der Waals surface area (Å²) in [6.07, 6.45) is 0.625. The number of carbonyl (C=O) groups is 1. The lowest BCUT2D eigenvalue weighted by atomic mass is 10.2. The van der Waals surface area contributed by atoms with Crippen LogP contribution < -0.4 is 0 Å². The molecular formula is C10H9BrN2O2. The summed E-state index contributed by atoms with van der Waals surface area (Å²) in [5.74, 6) is 0. The molecule has 4 nitrogen and oxygen atoms in total. The van der Waals surface area contributed by atoms with E-state index in [4.69, 9.17) is 0 Å². The molecule has 0 saturated heterocycles. The topological polar surface area (TPSA) is 55.0 Å². The quantitative estimate of drug-likeness (QED) is 0.682. The Bertz CT molecular complexity index is 481. The van der Waals surface area contributed by atoms with Crippen LogP contribution in [0.1, 0.15) is 5.69 Å². The number of aromatic amines is 1. The minimum atomic E-state index is 0.361. The third-order valence-corrected chi connectivity index (χ3v) is 2.62. The Morgan fingerprint density at radius 2 is 2.40 bits per heavy atom. The van der Waals surface area contributed by atoms with Gasteiger partial charge in [-0.2, -0.15) is 5.10 Å². The second-order valence-electron chi connectivity index (χ2n) is 3.08. The number of fused-ring (bicyclic) bond motifs is 1. The van der Waals surface area contributed by atoms with E-state index in [1.54, 1.807) is 0 Å². The molecule has 0 bridgehead atoms. The zero-order valence-electron chi connectivity index (χ0n) is 7.87. The molecule has 1 aromatic carbocycles. The van der Waals surface area contributed by atoms with Crippen molar-refractivity contribution in [2.45, 2.75) is 6.42 Å². The number of halogens is 1. The highest BCUT2D eigenvalue weighted by atomic mass is 79.9. The van der Waals surface area contributed by atoms with E-state index in [1.807, 2.05) is 18.2 Å². The van der Waals surface area contributed by atoms with Gasteiger partial charge in [0.2, 0.25) is 0 Å². The number of ether oxygens (including phenoxy) is 1. The molecule has 0 fully saturated rings. The molecule has 1 N–H and O–H groups in total. The summed E-state index contributed by atoms with van der Waals surface area (Å²) in [5.41, 5.74) is 1.89. The van der Waals surface area contributed by atoms with Crippen molar-refractivity contribution >= 4 is 33.3 Å². The standard InChI is InChI=1S/C10H9BrN2O2/c11-7-1-2-8-9(3-4-15-6-14)12-13-10(8)5-7/h1-2,5-6H,3-4H2,(H,12,13). The van der Waals surface area contributed by atoms with Gasteiger partial charge >= 0.3 is 0 Å². The molecule has 1 heterocycles. The highest BCUT2D eigenvalue weighted by Crippen LogP contribution is 2.20. The highest BCUT2D eigenvalue weighted by molar-refractivity contribution is 9.10. The predicted molar refractivity (Wildman–Crippen MR) is 59.5 cm³/mol. The summed E-state index contributed by atoms with van der Waals surface area (Å²) in [6, 6.07) is 5.91. The number of aromatic nitrogens is 2. The fraction of sp³-hybridized carbons (Fsp3) is 0.200. The van der Waals surface area contributed by atoms with Crippen molar-refractivity contribution in [2.75, 3.05) is 6.61 Å². The lowest BCUT2D eigenvalue weighted by molar-refractivity contribution is -0.128. The normalized spacial score (nSPS) is 10.5. The molecule has 2 rings (SSSR count). The minimum absolute atomic E-state index is 0.361. The third-order valence-electron chi connectivity index (χ3n) is 2.13. The van der Waals surface area contributed by atoms with Gasteiger partial charge in [0.1, 0.15) is 0 Å². The number of benzene rings is 1. The molecule has 0 amide bonds. The van der Waals surface area contributed by atoms with Crippen molar-refractivity contribution < 1.29 is 9.53 Å². The molecule has 78 valence electrons. The van der Waals surface area contributed by atoms with E-state index in [0.29, 0.717) is 19.5 Å². The molecule has 2 aromatic rings. The van der Waals surface area contributed by atoms with Gasteiger partial charge in [-0.05, 0) is 18.2 Å². The van der Waals surface area contributed by atoms with Gasteiger partial charge in [0.25, 0.3) is 6.47 Å². The first-order valence-corrected chi connectivity index (χ1v) is 5.28. The van der Waals surface area contributed by atoms with Crippen molar-refractivity contribution in [1.82, 2.24) is 10.2 Å². The van der Waals surface area contributed by atoms with E-state index in [1.165, 1.54) is 0 Å². The maximum absolute atomic E-state index is 9.98. The van der Waals surface area contributed by atoms with E-state index in [9.17, 15) is 4.79 Å². The fourth-order valence-electron chi connectivity index (χ4n) is 1.44. The molecule has 0 atom stereocenters. The lowest BCUT2D eigenvalue weighted by Crippen LogP contribution is -1.97. The number of rotatable bonds is 4. The molecule has 0 aliphatic rings. The van der Waals surface area contributed by atoms with Crippen molar-refractivity contribution in [3.8, 4) is 0 Å². The summed E-state index contributed by atoms with van der Waals surface area (Å²) >= 11 is 3.39. The monoisotopic (exact) mass is 268 g/mol. The fourth-order valence-corrected chi connectivity index (χ4v) is 1.80. The summed E-state index contributed by atoms with van der Waals surface area (Å²) in [6.45, 7) is 0.810. The van der Waals surface area contributed by atoms with Crippen LogP contribution in [0.3, 0.4) is 0 Å². The Kier molecular flexibility index (Phi) is 3.01. The molecule has 0 aliphatic heterocycles. The van der Waals surface area contributed by atoms with E-state index < -0.39 is 0 Å². The highest BCUT2D eigenvalue weighted by Gasteiger charge is 2.05. The second-order valence-corrected chi connectivity index (χ2v) is 3.99. The van der Waals surface area contributed by atoms with Gasteiger partial charge in [-0.3, -0.25) is 9.89 Å². The largest absolute Gasteiger partial charge is 0.467 e. The van der Waals surface area contributed by atoms with E-state index >= 15 is 0 Å². The zero-order chi connectivity index (χ0) is 10.7. The molecule has 15 heavy (non-hydrogen) atoms. The van der Waals surface area contributed by atoms with Crippen LogP contribution in [0.4, 0.5) is 0 Å². The van der Waals surface area contributed by atoms with Crippen molar-refractivity contribution in [3.63, 3.8) is 0 Å². The predicted octanol–water partition coefficient (Wildman–Crippen LogP) is 2.04. The third kappa shape index (κ3) is 2.18. The van der Waals surface area contributed by atoms with Crippen LogP contribution >= 0.6 is 15.9 Å². The van der Waals surface area contributed by atoms with Crippen LogP contribution in [0.5, 0.6) is 0 Å². The van der Waals surface area contributed by atoms with Crippen molar-refractivity contribution in [1.29, 1.82) is 0 Å². The van der Waals surface area contributed by atoms with Crippen LogP contribution in [0, 0.1) is 0 Å². The number of nitrogens with one attached hydrogen (secondary N) is 1. The maximum Gasteiger partial charge on any atom is 0.293 e. The van der Waals surface area contributed by atoms with Gasteiger partial charge in [-0.15, -0.1) is 0 Å². The zero-order valence-corrected chi connectivity index (χ0v) is 9.45. The van der Waals surface area contributed by atoms with Gasteiger partial charge in [0.05, 0.1) is 17.8 Å². The Labute approximate surface area is 94.7 Å².